The van der Waals surface area contributed by atoms with Crippen LogP contribution in [0.5, 0.6) is 0 Å². The fourth-order valence-corrected chi connectivity index (χ4v) is 2.18. The lowest BCUT2D eigenvalue weighted by Gasteiger charge is -2.15. The van der Waals surface area contributed by atoms with Crippen LogP contribution in [0.25, 0.3) is 0 Å². The number of amides is 1. The van der Waals surface area contributed by atoms with Gasteiger partial charge in [-0.3, -0.25) is 4.79 Å². The summed E-state index contributed by atoms with van der Waals surface area (Å²) in [7, 11) is 0. The molecule has 1 aliphatic rings. The van der Waals surface area contributed by atoms with Crippen molar-refractivity contribution in [3.63, 3.8) is 0 Å². The summed E-state index contributed by atoms with van der Waals surface area (Å²) >= 11 is 5.90. The highest BCUT2D eigenvalue weighted by atomic mass is 35.5. The van der Waals surface area contributed by atoms with E-state index in [4.69, 9.17) is 11.6 Å². The number of nitrogens with zero attached hydrogens (tertiary/aromatic N) is 2. The number of halogens is 1. The van der Waals surface area contributed by atoms with Crippen molar-refractivity contribution in [3.05, 3.63) is 28.5 Å². The Hall–Kier alpha value is -1.09. The maximum Gasteiger partial charge on any atom is 0.254 e. The minimum atomic E-state index is 0.0801. The smallest absolute Gasteiger partial charge is 0.254 e. The van der Waals surface area contributed by atoms with Gasteiger partial charge >= 0.3 is 0 Å². The van der Waals surface area contributed by atoms with Crippen molar-refractivity contribution in [2.24, 2.45) is 0 Å². The molecule has 1 fully saturated rings. The molecule has 86 valence electrons. The fraction of sp³-hybridized carbons (Fsp3) is 0.500. The van der Waals surface area contributed by atoms with E-state index < -0.39 is 0 Å². The van der Waals surface area contributed by atoms with Crippen molar-refractivity contribution in [2.45, 2.75) is 26.2 Å². The quantitative estimate of drug-likeness (QED) is 0.742. The van der Waals surface area contributed by atoms with E-state index in [9.17, 15) is 4.79 Å². The van der Waals surface area contributed by atoms with Crippen LogP contribution < -0.4 is 0 Å². The van der Waals surface area contributed by atoms with Gasteiger partial charge in [0.2, 0.25) is 0 Å². The minimum Gasteiger partial charge on any atom is -0.339 e. The second kappa shape index (κ2) is 4.83. The molecule has 0 radical (unpaired) electrons. The molecule has 0 aromatic carbocycles. The van der Waals surface area contributed by atoms with Crippen LogP contribution in [0, 0.1) is 0 Å². The summed E-state index contributed by atoms with van der Waals surface area (Å²) in [4.78, 5) is 18.1. The SMILES string of the molecule is CCc1cc(C(=O)N2CCCC2)cc(Cl)n1. The highest BCUT2D eigenvalue weighted by Gasteiger charge is 2.20. The van der Waals surface area contributed by atoms with E-state index >= 15 is 0 Å². The van der Waals surface area contributed by atoms with Crippen molar-refractivity contribution in [1.29, 1.82) is 0 Å². The van der Waals surface area contributed by atoms with E-state index in [0.717, 1.165) is 38.0 Å². The second-order valence-electron chi connectivity index (χ2n) is 4.02. The van der Waals surface area contributed by atoms with Gasteiger partial charge in [-0.15, -0.1) is 0 Å². The molecule has 1 aliphatic heterocycles. The molecule has 0 atom stereocenters. The van der Waals surface area contributed by atoms with Crippen LogP contribution in [0.15, 0.2) is 12.1 Å². The average Bonchev–Trinajstić information content (AvgIpc) is 2.80. The molecule has 0 N–H and O–H groups in total. The van der Waals surface area contributed by atoms with Crippen LogP contribution in [0.2, 0.25) is 5.15 Å². The Balaban J connectivity index is 2.24. The van der Waals surface area contributed by atoms with E-state index in [2.05, 4.69) is 4.98 Å². The van der Waals surface area contributed by atoms with Gasteiger partial charge in [-0.05, 0) is 31.4 Å². The molecule has 0 spiro atoms. The van der Waals surface area contributed by atoms with Gasteiger partial charge < -0.3 is 4.90 Å². The molecule has 1 aromatic heterocycles. The zero-order valence-corrected chi connectivity index (χ0v) is 10.1. The summed E-state index contributed by atoms with van der Waals surface area (Å²) in [5.74, 6) is 0.0801. The van der Waals surface area contributed by atoms with Crippen molar-refractivity contribution in [3.8, 4) is 0 Å². The van der Waals surface area contributed by atoms with Gasteiger partial charge in [-0.25, -0.2) is 4.98 Å². The molecule has 1 aromatic rings. The lowest BCUT2D eigenvalue weighted by Crippen LogP contribution is -2.27. The molecule has 1 amide bonds. The number of likely N-dealkylation sites (tertiary alicyclic amines) is 1. The number of pyridine rings is 1. The van der Waals surface area contributed by atoms with Crippen LogP contribution in [0.1, 0.15) is 35.8 Å². The van der Waals surface area contributed by atoms with Crippen LogP contribution in [-0.4, -0.2) is 28.9 Å². The van der Waals surface area contributed by atoms with Crippen LogP contribution in [0.4, 0.5) is 0 Å². The first-order chi connectivity index (χ1) is 7.70. The summed E-state index contributed by atoms with van der Waals surface area (Å²) in [6.45, 7) is 3.73. The molecule has 0 bridgehead atoms. The van der Waals surface area contributed by atoms with Crippen LogP contribution >= 0.6 is 11.6 Å². The monoisotopic (exact) mass is 238 g/mol. The summed E-state index contributed by atoms with van der Waals surface area (Å²) in [5.41, 5.74) is 1.54. The largest absolute Gasteiger partial charge is 0.339 e. The zero-order valence-electron chi connectivity index (χ0n) is 9.37. The fourth-order valence-electron chi connectivity index (χ4n) is 1.96. The molecule has 0 unspecified atom stereocenters. The molecule has 0 saturated carbocycles. The van der Waals surface area contributed by atoms with E-state index in [0.29, 0.717) is 10.7 Å². The number of hydrogen-bond acceptors (Lipinski definition) is 2. The van der Waals surface area contributed by atoms with Gasteiger partial charge in [0.15, 0.2) is 0 Å². The zero-order chi connectivity index (χ0) is 11.5. The summed E-state index contributed by atoms with van der Waals surface area (Å²) < 4.78 is 0. The first-order valence-electron chi connectivity index (χ1n) is 5.66. The number of rotatable bonds is 2. The molecule has 3 nitrogen and oxygen atoms in total. The number of carbonyl (C=O) groups excluding carboxylic acids is 1. The third-order valence-corrected chi connectivity index (χ3v) is 3.04. The van der Waals surface area contributed by atoms with Gasteiger partial charge in [0, 0.05) is 24.3 Å². The minimum absolute atomic E-state index is 0.0801. The maximum atomic E-state index is 12.1. The average molecular weight is 239 g/mol. The lowest BCUT2D eigenvalue weighted by molar-refractivity contribution is 0.0792. The summed E-state index contributed by atoms with van der Waals surface area (Å²) in [6, 6.07) is 3.49. The van der Waals surface area contributed by atoms with Crippen molar-refractivity contribution in [2.75, 3.05) is 13.1 Å². The van der Waals surface area contributed by atoms with Gasteiger partial charge in [0.05, 0.1) is 0 Å². The molecule has 2 heterocycles. The predicted molar refractivity (Wildman–Crippen MR) is 63.8 cm³/mol. The van der Waals surface area contributed by atoms with Gasteiger partial charge in [0.25, 0.3) is 5.91 Å². The van der Waals surface area contributed by atoms with Gasteiger partial charge in [0.1, 0.15) is 5.15 Å². The van der Waals surface area contributed by atoms with Crippen molar-refractivity contribution < 1.29 is 4.79 Å². The molecular weight excluding hydrogens is 224 g/mol. The first-order valence-corrected chi connectivity index (χ1v) is 6.04. The van der Waals surface area contributed by atoms with Crippen molar-refractivity contribution >= 4 is 17.5 Å². The van der Waals surface area contributed by atoms with Gasteiger partial charge in [-0.2, -0.15) is 0 Å². The second-order valence-corrected chi connectivity index (χ2v) is 4.41. The Morgan fingerprint density at radius 2 is 2.12 bits per heavy atom. The maximum absolute atomic E-state index is 12.1. The third-order valence-electron chi connectivity index (χ3n) is 2.85. The Labute approximate surface area is 100 Å². The Kier molecular flexibility index (Phi) is 3.44. The van der Waals surface area contributed by atoms with E-state index in [1.165, 1.54) is 0 Å². The number of hydrogen-bond donors (Lipinski definition) is 0. The van der Waals surface area contributed by atoms with Gasteiger partial charge in [-0.1, -0.05) is 18.5 Å². The topological polar surface area (TPSA) is 33.2 Å². The Bertz CT molecular complexity index is 400. The first kappa shape index (κ1) is 11.4. The summed E-state index contributed by atoms with van der Waals surface area (Å²) in [6.07, 6.45) is 3.00. The molecule has 2 rings (SSSR count). The highest BCUT2D eigenvalue weighted by Crippen LogP contribution is 2.16. The lowest BCUT2D eigenvalue weighted by atomic mass is 10.2. The van der Waals surface area contributed by atoms with Crippen LogP contribution in [0.3, 0.4) is 0 Å². The molecule has 16 heavy (non-hydrogen) atoms. The highest BCUT2D eigenvalue weighted by molar-refractivity contribution is 6.29. The third kappa shape index (κ3) is 2.35. The van der Waals surface area contributed by atoms with Crippen molar-refractivity contribution in [1.82, 2.24) is 9.88 Å². The van der Waals surface area contributed by atoms with E-state index in [-0.39, 0.29) is 5.91 Å². The standard InChI is InChI=1S/C12H15ClN2O/c1-2-10-7-9(8-11(13)14-10)12(16)15-5-3-4-6-15/h7-8H,2-6H2,1H3. The normalized spacial score (nSPS) is 15.5. The van der Waals surface area contributed by atoms with Crippen LogP contribution in [-0.2, 0) is 6.42 Å². The van der Waals surface area contributed by atoms with E-state index in [1.54, 1.807) is 6.07 Å². The summed E-state index contributed by atoms with van der Waals surface area (Å²) in [5, 5.41) is 0.405. The predicted octanol–water partition coefficient (Wildman–Crippen LogP) is 2.53. The molecule has 0 aliphatic carbocycles. The number of carbonyl (C=O) groups is 1. The molecular formula is C12H15ClN2O. The Morgan fingerprint density at radius 3 is 2.75 bits per heavy atom. The molecule has 4 heteroatoms. The van der Waals surface area contributed by atoms with E-state index in [1.807, 2.05) is 17.9 Å². The Morgan fingerprint density at radius 1 is 1.44 bits per heavy atom. The number of aryl methyl sites for hydroxylation is 1. The number of aromatic nitrogens is 1. The molecule has 1 saturated heterocycles.